The molecule has 0 saturated carbocycles. The molecule has 2 rings (SSSR count). The van der Waals surface area contributed by atoms with Gasteiger partial charge in [-0.15, -0.1) is 0 Å². The summed E-state index contributed by atoms with van der Waals surface area (Å²) < 4.78 is 27.3. The Morgan fingerprint density at radius 2 is 2.00 bits per heavy atom. The highest BCUT2D eigenvalue weighted by atomic mass is 32.2. The highest BCUT2D eigenvalue weighted by Crippen LogP contribution is 2.16. The number of amides is 1. The molecule has 0 spiro atoms. The molecule has 1 aromatic carbocycles. The van der Waals surface area contributed by atoms with E-state index in [1.165, 1.54) is 0 Å². The number of benzene rings is 1. The molecule has 1 atom stereocenters. The molecule has 0 radical (unpaired) electrons. The topological polar surface area (TPSA) is 98.5 Å². The molecule has 1 aliphatic rings. The quantitative estimate of drug-likeness (QED) is 0.865. The van der Waals surface area contributed by atoms with Crippen molar-refractivity contribution in [3.05, 3.63) is 29.8 Å². The molecule has 1 saturated heterocycles. The predicted octanol–water partition coefficient (Wildman–Crippen LogP) is 0.983. The summed E-state index contributed by atoms with van der Waals surface area (Å²) in [6, 6.07) is 6.56. The van der Waals surface area contributed by atoms with Crippen LogP contribution >= 0.6 is 0 Å². The highest BCUT2D eigenvalue weighted by molar-refractivity contribution is 7.88. The fourth-order valence-corrected chi connectivity index (χ4v) is 2.74. The van der Waals surface area contributed by atoms with Crippen molar-refractivity contribution in [3.63, 3.8) is 0 Å². The van der Waals surface area contributed by atoms with Gasteiger partial charge in [-0.3, -0.25) is 4.79 Å². The van der Waals surface area contributed by atoms with Gasteiger partial charge in [0.05, 0.1) is 5.75 Å². The van der Waals surface area contributed by atoms with Gasteiger partial charge in [-0.1, -0.05) is 12.1 Å². The molecule has 0 aromatic heterocycles. The first-order chi connectivity index (χ1) is 9.44. The van der Waals surface area contributed by atoms with Gasteiger partial charge in [0.2, 0.25) is 10.0 Å². The summed E-state index contributed by atoms with van der Waals surface area (Å²) in [4.78, 5) is 11.9. The van der Waals surface area contributed by atoms with Crippen LogP contribution in [0.3, 0.4) is 0 Å². The maximum Gasteiger partial charge on any atom is 0.253 e. The van der Waals surface area contributed by atoms with Gasteiger partial charge in [-0.25, -0.2) is 13.6 Å². The third kappa shape index (κ3) is 4.59. The molecule has 1 amide bonds. The van der Waals surface area contributed by atoms with Crippen LogP contribution in [0.1, 0.15) is 24.8 Å². The molecule has 0 aliphatic carbocycles. The fraction of sp³-hybridized carbons (Fsp3) is 0.462. The van der Waals surface area contributed by atoms with Crippen LogP contribution in [-0.4, -0.2) is 27.0 Å². The Morgan fingerprint density at radius 3 is 2.55 bits per heavy atom. The smallest absolute Gasteiger partial charge is 0.253 e. The first kappa shape index (κ1) is 15.0. The van der Waals surface area contributed by atoms with Crippen molar-refractivity contribution in [2.75, 3.05) is 11.9 Å². The van der Waals surface area contributed by atoms with Gasteiger partial charge in [0.15, 0.2) is 0 Å². The number of sulfonamides is 1. The monoisotopic (exact) mass is 298 g/mol. The van der Waals surface area contributed by atoms with Crippen LogP contribution in [0.2, 0.25) is 0 Å². The molecule has 20 heavy (non-hydrogen) atoms. The third-order valence-corrected chi connectivity index (χ3v) is 3.80. The Hall–Kier alpha value is -1.44. The molecule has 110 valence electrons. The lowest BCUT2D eigenvalue weighted by Crippen LogP contribution is -2.33. The number of carbonyl (C=O) groups is 1. The van der Waals surface area contributed by atoms with Crippen LogP contribution in [0.4, 0.5) is 5.69 Å². The summed E-state index contributed by atoms with van der Waals surface area (Å²) in [5, 5.41) is 7.73. The minimum atomic E-state index is -3.54. The van der Waals surface area contributed by atoms with E-state index in [1.807, 2.05) is 0 Å². The van der Waals surface area contributed by atoms with Gasteiger partial charge in [0.1, 0.15) is 6.10 Å². The number of rotatable bonds is 4. The zero-order valence-corrected chi connectivity index (χ0v) is 11.9. The molecule has 0 bridgehead atoms. The van der Waals surface area contributed by atoms with Gasteiger partial charge in [-0.2, -0.15) is 0 Å². The summed E-state index contributed by atoms with van der Waals surface area (Å²) in [5.41, 5.74) is 1.20. The SMILES string of the molecule is NS(=O)(=O)Cc1ccc(NC(=O)C2CCCCO2)cc1. The van der Waals surface area contributed by atoms with Crippen molar-refractivity contribution < 1.29 is 17.9 Å². The third-order valence-electron chi connectivity index (χ3n) is 3.06. The molecule has 6 nitrogen and oxygen atoms in total. The Kier molecular flexibility index (Phi) is 4.74. The van der Waals surface area contributed by atoms with Crippen molar-refractivity contribution in [2.45, 2.75) is 31.1 Å². The lowest BCUT2D eigenvalue weighted by atomic mass is 10.1. The number of nitrogens with two attached hydrogens (primary N) is 1. The van der Waals surface area contributed by atoms with Crippen LogP contribution in [0, 0.1) is 0 Å². The summed E-state index contributed by atoms with van der Waals surface area (Å²) in [7, 11) is -3.54. The average Bonchev–Trinajstić information content (AvgIpc) is 2.40. The van der Waals surface area contributed by atoms with Crippen molar-refractivity contribution in [3.8, 4) is 0 Å². The first-order valence-electron chi connectivity index (χ1n) is 6.46. The van der Waals surface area contributed by atoms with E-state index < -0.39 is 16.1 Å². The lowest BCUT2D eigenvalue weighted by Gasteiger charge is -2.21. The van der Waals surface area contributed by atoms with Gasteiger partial charge in [0, 0.05) is 12.3 Å². The maximum atomic E-state index is 11.9. The molecule has 1 fully saturated rings. The van der Waals surface area contributed by atoms with Gasteiger partial charge >= 0.3 is 0 Å². The molecule has 1 aromatic rings. The summed E-state index contributed by atoms with van der Waals surface area (Å²) in [5.74, 6) is -0.378. The van der Waals surface area contributed by atoms with E-state index >= 15 is 0 Å². The van der Waals surface area contributed by atoms with Gasteiger partial charge in [-0.05, 0) is 37.0 Å². The van der Waals surface area contributed by atoms with Crippen LogP contribution in [0.15, 0.2) is 24.3 Å². The molecular formula is C13H18N2O4S. The van der Waals surface area contributed by atoms with Crippen LogP contribution in [-0.2, 0) is 25.3 Å². The number of carbonyl (C=O) groups excluding carboxylic acids is 1. The Labute approximate surface area is 118 Å². The predicted molar refractivity (Wildman–Crippen MR) is 75.5 cm³/mol. The molecule has 1 aliphatic heterocycles. The molecular weight excluding hydrogens is 280 g/mol. The number of hydrogen-bond donors (Lipinski definition) is 2. The number of nitrogens with one attached hydrogen (secondary N) is 1. The van der Waals surface area contributed by atoms with Gasteiger partial charge in [0.25, 0.3) is 5.91 Å². The zero-order valence-electron chi connectivity index (χ0n) is 11.0. The van der Waals surface area contributed by atoms with Crippen LogP contribution in [0.5, 0.6) is 0 Å². The van der Waals surface area contributed by atoms with Gasteiger partial charge < -0.3 is 10.1 Å². The Bertz CT molecular complexity index is 563. The Balaban J connectivity index is 1.94. The van der Waals surface area contributed by atoms with Crippen molar-refractivity contribution in [1.29, 1.82) is 0 Å². The number of ether oxygens (including phenoxy) is 1. The van der Waals surface area contributed by atoms with E-state index in [0.717, 1.165) is 19.3 Å². The minimum Gasteiger partial charge on any atom is -0.368 e. The lowest BCUT2D eigenvalue weighted by molar-refractivity contribution is -0.129. The van der Waals surface area contributed by atoms with Crippen molar-refractivity contribution in [1.82, 2.24) is 0 Å². The maximum absolute atomic E-state index is 11.9. The number of primary sulfonamides is 1. The second kappa shape index (κ2) is 6.34. The second-order valence-electron chi connectivity index (χ2n) is 4.85. The second-order valence-corrected chi connectivity index (χ2v) is 6.46. The summed E-state index contributed by atoms with van der Waals surface area (Å²) >= 11 is 0. The van der Waals surface area contributed by atoms with Crippen LogP contribution in [0.25, 0.3) is 0 Å². The first-order valence-corrected chi connectivity index (χ1v) is 8.17. The molecule has 3 N–H and O–H groups in total. The molecule has 1 heterocycles. The van der Waals surface area contributed by atoms with Crippen molar-refractivity contribution >= 4 is 21.6 Å². The van der Waals surface area contributed by atoms with E-state index in [2.05, 4.69) is 5.32 Å². The largest absolute Gasteiger partial charge is 0.368 e. The Morgan fingerprint density at radius 1 is 1.30 bits per heavy atom. The average molecular weight is 298 g/mol. The standard InChI is InChI=1S/C13H18N2O4S/c14-20(17,18)9-10-4-6-11(7-5-10)15-13(16)12-3-1-2-8-19-12/h4-7,12H,1-3,8-9H2,(H,15,16)(H2,14,17,18). The number of hydrogen-bond acceptors (Lipinski definition) is 4. The van der Waals surface area contributed by atoms with E-state index in [4.69, 9.17) is 9.88 Å². The summed E-state index contributed by atoms with van der Waals surface area (Å²) in [6.07, 6.45) is 2.32. The van der Waals surface area contributed by atoms with E-state index in [1.54, 1.807) is 24.3 Å². The van der Waals surface area contributed by atoms with E-state index in [-0.39, 0.29) is 11.7 Å². The van der Waals surface area contributed by atoms with Crippen LogP contribution < -0.4 is 10.5 Å². The summed E-state index contributed by atoms with van der Waals surface area (Å²) in [6.45, 7) is 0.616. The normalized spacial score (nSPS) is 19.6. The fourth-order valence-electron chi connectivity index (χ4n) is 2.09. The molecule has 1 unspecified atom stereocenters. The minimum absolute atomic E-state index is 0.163. The van der Waals surface area contributed by atoms with E-state index in [9.17, 15) is 13.2 Å². The number of anilines is 1. The van der Waals surface area contributed by atoms with Crippen molar-refractivity contribution in [2.24, 2.45) is 5.14 Å². The molecule has 7 heteroatoms. The zero-order chi connectivity index (χ0) is 14.6. The van der Waals surface area contributed by atoms with E-state index in [0.29, 0.717) is 17.9 Å². The highest BCUT2D eigenvalue weighted by Gasteiger charge is 2.21.